The SMILES string of the molecule is O=C1OCCC2=C1C(c1ccc(F)c(Br)c1)C1C(=O)CCCC1=N2. The molecule has 1 aliphatic carbocycles. The van der Waals surface area contributed by atoms with E-state index in [4.69, 9.17) is 4.74 Å². The lowest BCUT2D eigenvalue weighted by Gasteiger charge is -2.37. The second-order valence-electron chi connectivity index (χ2n) is 6.30. The molecule has 24 heavy (non-hydrogen) atoms. The van der Waals surface area contributed by atoms with Crippen LogP contribution in [0.4, 0.5) is 4.39 Å². The minimum atomic E-state index is -0.444. The van der Waals surface area contributed by atoms with E-state index in [1.54, 1.807) is 12.1 Å². The van der Waals surface area contributed by atoms with E-state index in [-0.39, 0.29) is 11.6 Å². The number of carbonyl (C=O) groups excluding carboxylic acids is 2. The predicted molar refractivity (Wildman–Crippen MR) is 89.2 cm³/mol. The van der Waals surface area contributed by atoms with Gasteiger partial charge < -0.3 is 4.74 Å². The third-order valence-electron chi connectivity index (χ3n) is 4.89. The first-order valence-electron chi connectivity index (χ1n) is 8.01. The van der Waals surface area contributed by atoms with Crippen molar-refractivity contribution in [2.24, 2.45) is 10.9 Å². The normalized spacial score (nSPS) is 26.5. The Morgan fingerprint density at radius 2 is 2.00 bits per heavy atom. The zero-order valence-corrected chi connectivity index (χ0v) is 14.4. The lowest BCUT2D eigenvalue weighted by molar-refractivity contribution is -0.140. The molecular formula is C18H15BrFNO3. The van der Waals surface area contributed by atoms with Crippen molar-refractivity contribution >= 4 is 33.4 Å². The molecule has 2 atom stereocenters. The number of rotatable bonds is 1. The molecule has 2 unspecified atom stereocenters. The molecule has 0 radical (unpaired) electrons. The van der Waals surface area contributed by atoms with E-state index in [0.717, 1.165) is 29.8 Å². The molecule has 1 aromatic rings. The summed E-state index contributed by atoms with van der Waals surface area (Å²) < 4.78 is 19.2. The Labute approximate surface area is 146 Å². The lowest BCUT2D eigenvalue weighted by Crippen LogP contribution is -2.40. The van der Waals surface area contributed by atoms with E-state index in [1.807, 2.05) is 0 Å². The second-order valence-corrected chi connectivity index (χ2v) is 7.15. The van der Waals surface area contributed by atoms with Crippen LogP contribution in [-0.4, -0.2) is 24.1 Å². The van der Waals surface area contributed by atoms with Gasteiger partial charge in [-0.25, -0.2) is 9.18 Å². The second kappa shape index (κ2) is 5.92. The fourth-order valence-electron chi connectivity index (χ4n) is 3.84. The molecule has 0 aromatic heterocycles. The number of esters is 1. The molecule has 3 aliphatic rings. The van der Waals surface area contributed by atoms with Crippen molar-refractivity contribution in [1.82, 2.24) is 0 Å². The van der Waals surface area contributed by atoms with E-state index in [2.05, 4.69) is 20.9 Å². The molecule has 6 heteroatoms. The number of fused-ring (bicyclic) bond motifs is 1. The van der Waals surface area contributed by atoms with Gasteiger partial charge >= 0.3 is 5.97 Å². The van der Waals surface area contributed by atoms with Gasteiger partial charge in [0.1, 0.15) is 11.6 Å². The number of ether oxygens (including phenoxy) is 1. The van der Waals surface area contributed by atoms with Crippen LogP contribution in [0.1, 0.15) is 37.2 Å². The zero-order chi connectivity index (χ0) is 16.8. The molecule has 0 N–H and O–H groups in total. The number of hydrogen-bond donors (Lipinski definition) is 0. The maximum atomic E-state index is 13.6. The molecule has 0 bridgehead atoms. The first-order chi connectivity index (χ1) is 11.6. The third-order valence-corrected chi connectivity index (χ3v) is 5.50. The smallest absolute Gasteiger partial charge is 0.336 e. The third kappa shape index (κ3) is 2.44. The molecule has 124 valence electrons. The summed E-state index contributed by atoms with van der Waals surface area (Å²) in [6.07, 6.45) is 2.60. The standard InChI is InChI=1S/C18H15BrFNO3/c19-10-8-9(4-5-11(10)20)15-16-12(2-1-3-14(16)22)21-13-6-7-24-18(23)17(13)15/h4-5,8,15-16H,1-3,6-7H2. The van der Waals surface area contributed by atoms with Gasteiger partial charge in [0, 0.05) is 24.5 Å². The van der Waals surface area contributed by atoms with Crippen LogP contribution in [-0.2, 0) is 14.3 Å². The number of aliphatic imine (C=N–C) groups is 1. The number of halogens is 2. The van der Waals surface area contributed by atoms with Gasteiger partial charge in [-0.05, 0) is 46.5 Å². The molecule has 2 aliphatic heterocycles. The summed E-state index contributed by atoms with van der Waals surface area (Å²) in [6, 6.07) is 4.64. The molecule has 0 spiro atoms. The monoisotopic (exact) mass is 391 g/mol. The van der Waals surface area contributed by atoms with Crippen LogP contribution < -0.4 is 0 Å². The van der Waals surface area contributed by atoms with Gasteiger partial charge in [-0.3, -0.25) is 9.79 Å². The summed E-state index contributed by atoms with van der Waals surface area (Å²) in [6.45, 7) is 0.312. The van der Waals surface area contributed by atoms with Crippen molar-refractivity contribution in [3.63, 3.8) is 0 Å². The highest BCUT2D eigenvalue weighted by Crippen LogP contribution is 2.45. The van der Waals surface area contributed by atoms with Crippen LogP contribution in [0.2, 0.25) is 0 Å². The number of ketones is 1. The van der Waals surface area contributed by atoms with E-state index in [1.165, 1.54) is 6.07 Å². The quantitative estimate of drug-likeness (QED) is 0.685. The molecule has 1 saturated carbocycles. The van der Waals surface area contributed by atoms with Gasteiger partial charge in [0.05, 0.1) is 28.3 Å². The Bertz CT molecular complexity index is 814. The van der Waals surface area contributed by atoms with Gasteiger partial charge in [0.2, 0.25) is 0 Å². The Morgan fingerprint density at radius 1 is 1.17 bits per heavy atom. The zero-order valence-electron chi connectivity index (χ0n) is 12.9. The summed E-state index contributed by atoms with van der Waals surface area (Å²) in [7, 11) is 0. The average molecular weight is 392 g/mol. The van der Waals surface area contributed by atoms with Crippen molar-refractivity contribution < 1.29 is 18.7 Å². The van der Waals surface area contributed by atoms with Gasteiger partial charge in [-0.2, -0.15) is 0 Å². The van der Waals surface area contributed by atoms with Crippen LogP contribution in [0, 0.1) is 11.7 Å². The molecular weight excluding hydrogens is 377 g/mol. The summed E-state index contributed by atoms with van der Waals surface area (Å²) >= 11 is 3.20. The summed E-state index contributed by atoms with van der Waals surface area (Å²) in [4.78, 5) is 29.6. The van der Waals surface area contributed by atoms with Crippen molar-refractivity contribution in [3.8, 4) is 0 Å². The first-order valence-corrected chi connectivity index (χ1v) is 8.81. The molecule has 1 aromatic carbocycles. The maximum absolute atomic E-state index is 13.6. The Kier molecular flexibility index (Phi) is 3.87. The molecule has 4 nitrogen and oxygen atoms in total. The highest BCUT2D eigenvalue weighted by Gasteiger charge is 2.45. The van der Waals surface area contributed by atoms with Crippen LogP contribution >= 0.6 is 15.9 Å². The Morgan fingerprint density at radius 3 is 2.79 bits per heavy atom. The molecule has 0 amide bonds. The van der Waals surface area contributed by atoms with Crippen molar-refractivity contribution in [2.45, 2.75) is 31.6 Å². The molecule has 0 saturated heterocycles. The topological polar surface area (TPSA) is 55.7 Å². The number of nitrogens with zero attached hydrogens (tertiary/aromatic N) is 1. The summed E-state index contributed by atoms with van der Waals surface area (Å²) in [5.41, 5.74) is 2.77. The Hall–Kier alpha value is -1.82. The minimum Gasteiger partial charge on any atom is -0.462 e. The van der Waals surface area contributed by atoms with E-state index >= 15 is 0 Å². The largest absolute Gasteiger partial charge is 0.462 e. The highest BCUT2D eigenvalue weighted by molar-refractivity contribution is 9.10. The fourth-order valence-corrected chi connectivity index (χ4v) is 4.24. The van der Waals surface area contributed by atoms with Gasteiger partial charge in [-0.15, -0.1) is 0 Å². The number of benzene rings is 1. The average Bonchev–Trinajstić information content (AvgIpc) is 2.56. The van der Waals surface area contributed by atoms with Crippen LogP contribution in [0.5, 0.6) is 0 Å². The van der Waals surface area contributed by atoms with Crippen molar-refractivity contribution in [1.29, 1.82) is 0 Å². The predicted octanol–water partition coefficient (Wildman–Crippen LogP) is 3.70. The van der Waals surface area contributed by atoms with Crippen LogP contribution in [0.15, 0.2) is 38.9 Å². The first kappa shape index (κ1) is 15.7. The molecule has 4 rings (SSSR count). The number of cyclic esters (lactones) is 1. The van der Waals surface area contributed by atoms with Crippen molar-refractivity contribution in [2.75, 3.05) is 6.61 Å². The lowest BCUT2D eigenvalue weighted by atomic mass is 9.69. The van der Waals surface area contributed by atoms with Crippen LogP contribution in [0.25, 0.3) is 0 Å². The number of hydrogen-bond acceptors (Lipinski definition) is 4. The van der Waals surface area contributed by atoms with E-state index in [9.17, 15) is 14.0 Å². The molecule has 1 fully saturated rings. The van der Waals surface area contributed by atoms with Crippen LogP contribution in [0.3, 0.4) is 0 Å². The highest BCUT2D eigenvalue weighted by atomic mass is 79.9. The van der Waals surface area contributed by atoms with Gasteiger partial charge in [-0.1, -0.05) is 6.07 Å². The number of Topliss-reactive ketones (excluding diaryl/α,β-unsaturated/α-hetero) is 1. The van der Waals surface area contributed by atoms with E-state index in [0.29, 0.717) is 29.5 Å². The maximum Gasteiger partial charge on any atom is 0.336 e. The number of carbonyl (C=O) groups is 2. The summed E-state index contributed by atoms with van der Waals surface area (Å²) in [5, 5.41) is 0. The summed E-state index contributed by atoms with van der Waals surface area (Å²) in [5.74, 6) is -1.58. The fraction of sp³-hybridized carbons (Fsp3) is 0.389. The van der Waals surface area contributed by atoms with Gasteiger partial charge in [0.15, 0.2) is 0 Å². The Balaban J connectivity index is 1.91. The van der Waals surface area contributed by atoms with Gasteiger partial charge in [0.25, 0.3) is 0 Å². The van der Waals surface area contributed by atoms with Crippen molar-refractivity contribution in [3.05, 3.63) is 45.3 Å². The van der Waals surface area contributed by atoms with E-state index < -0.39 is 17.8 Å². The molecule has 2 heterocycles. The minimum absolute atomic E-state index is 0.0929.